The maximum atomic E-state index is 12.3. The number of nitrogens with one attached hydrogen (secondary N) is 2. The smallest absolute Gasteiger partial charge is 0.319 e. The molecule has 1 aliphatic rings. The van der Waals surface area contributed by atoms with Gasteiger partial charge in [-0.2, -0.15) is 0 Å². The van der Waals surface area contributed by atoms with Gasteiger partial charge in [-0.25, -0.2) is 4.79 Å². The Morgan fingerprint density at radius 1 is 1.41 bits per heavy atom. The lowest BCUT2D eigenvalue weighted by molar-refractivity contribution is -0.0905. The van der Waals surface area contributed by atoms with Gasteiger partial charge < -0.3 is 29.7 Å². The number of aryl methyl sites for hydroxylation is 3. The van der Waals surface area contributed by atoms with Gasteiger partial charge in [0.25, 0.3) is 0 Å². The minimum absolute atomic E-state index is 0.0223. The Morgan fingerprint density at radius 2 is 2.24 bits per heavy atom. The highest BCUT2D eigenvalue weighted by Gasteiger charge is 2.32. The standard InChI is InChI=1S/C18H28N6O5/c1-11-17(12(2)29-22-11)20-18(26)19-15-5-4-14(28-16(15)9-25)6-7-24-8-13(10-27-3)21-23-24/h8,14-16,25H,4-7,9-10H2,1-3H3,(H2,19,20,26)/t14-,15-,16+/m0/s1. The second-order valence-electron chi connectivity index (χ2n) is 7.16. The number of amides is 2. The van der Waals surface area contributed by atoms with Gasteiger partial charge in [0, 0.05) is 13.7 Å². The Bertz CT molecular complexity index is 787. The topological polar surface area (TPSA) is 137 Å². The van der Waals surface area contributed by atoms with Crippen LogP contribution in [0.5, 0.6) is 0 Å². The summed E-state index contributed by atoms with van der Waals surface area (Å²) in [5.74, 6) is 0.540. The van der Waals surface area contributed by atoms with Crippen LogP contribution in [0.4, 0.5) is 10.5 Å². The number of aromatic nitrogens is 4. The minimum atomic E-state index is -0.469. The summed E-state index contributed by atoms with van der Waals surface area (Å²) in [4.78, 5) is 12.3. The Morgan fingerprint density at radius 3 is 2.93 bits per heavy atom. The number of carbonyl (C=O) groups excluding carboxylic acids is 1. The molecule has 3 rings (SSSR count). The molecule has 3 N–H and O–H groups in total. The average molecular weight is 408 g/mol. The highest BCUT2D eigenvalue weighted by molar-refractivity contribution is 5.90. The first-order chi connectivity index (χ1) is 14.0. The predicted molar refractivity (Wildman–Crippen MR) is 102 cm³/mol. The van der Waals surface area contributed by atoms with Gasteiger partial charge in [0.15, 0.2) is 5.76 Å². The van der Waals surface area contributed by atoms with Crippen molar-refractivity contribution >= 4 is 11.7 Å². The van der Waals surface area contributed by atoms with E-state index in [4.69, 9.17) is 14.0 Å². The molecule has 2 aromatic rings. The van der Waals surface area contributed by atoms with Crippen molar-refractivity contribution in [2.75, 3.05) is 19.0 Å². The summed E-state index contributed by atoms with van der Waals surface area (Å²) in [5, 5.41) is 27.3. The Kier molecular flexibility index (Phi) is 7.18. The van der Waals surface area contributed by atoms with E-state index in [2.05, 4.69) is 26.1 Å². The minimum Gasteiger partial charge on any atom is -0.394 e. The van der Waals surface area contributed by atoms with E-state index in [1.54, 1.807) is 25.6 Å². The average Bonchev–Trinajstić information content (AvgIpc) is 3.29. The third kappa shape index (κ3) is 5.52. The fourth-order valence-electron chi connectivity index (χ4n) is 3.43. The van der Waals surface area contributed by atoms with Crippen molar-refractivity contribution in [3.8, 4) is 0 Å². The van der Waals surface area contributed by atoms with E-state index >= 15 is 0 Å². The van der Waals surface area contributed by atoms with Crippen LogP contribution in [0.15, 0.2) is 10.7 Å². The molecule has 11 nitrogen and oxygen atoms in total. The molecule has 0 bridgehead atoms. The third-order valence-corrected chi connectivity index (χ3v) is 4.94. The zero-order valence-electron chi connectivity index (χ0n) is 16.9. The van der Waals surface area contributed by atoms with Gasteiger partial charge in [0.05, 0.1) is 31.6 Å². The number of rotatable bonds is 8. The molecule has 1 aliphatic heterocycles. The number of urea groups is 1. The van der Waals surface area contributed by atoms with Gasteiger partial charge in [-0.15, -0.1) is 5.10 Å². The molecule has 160 valence electrons. The zero-order valence-corrected chi connectivity index (χ0v) is 16.9. The number of methoxy groups -OCH3 is 1. The van der Waals surface area contributed by atoms with Crippen LogP contribution in [-0.2, 0) is 22.6 Å². The number of ether oxygens (including phenoxy) is 2. The fraction of sp³-hybridized carbons (Fsp3) is 0.667. The van der Waals surface area contributed by atoms with Crippen molar-refractivity contribution in [2.45, 2.75) is 64.5 Å². The molecule has 1 fully saturated rings. The van der Waals surface area contributed by atoms with Crippen LogP contribution in [0, 0.1) is 13.8 Å². The molecule has 0 unspecified atom stereocenters. The monoisotopic (exact) mass is 408 g/mol. The van der Waals surface area contributed by atoms with Gasteiger partial charge in [-0.1, -0.05) is 10.4 Å². The zero-order chi connectivity index (χ0) is 20.8. The Balaban J connectivity index is 1.47. The van der Waals surface area contributed by atoms with Crippen molar-refractivity contribution in [1.82, 2.24) is 25.5 Å². The number of nitrogens with zero attached hydrogens (tertiary/aromatic N) is 4. The molecule has 3 atom stereocenters. The van der Waals surface area contributed by atoms with E-state index in [-0.39, 0.29) is 24.8 Å². The third-order valence-electron chi connectivity index (χ3n) is 4.94. The van der Waals surface area contributed by atoms with E-state index < -0.39 is 6.10 Å². The summed E-state index contributed by atoms with van der Waals surface area (Å²) in [7, 11) is 1.61. The molecule has 11 heteroatoms. The van der Waals surface area contributed by atoms with Gasteiger partial charge in [0.2, 0.25) is 0 Å². The van der Waals surface area contributed by atoms with Crippen LogP contribution in [0.1, 0.15) is 36.4 Å². The van der Waals surface area contributed by atoms with E-state index in [0.717, 1.165) is 18.5 Å². The molecule has 0 aromatic carbocycles. The summed E-state index contributed by atoms with van der Waals surface area (Å²) < 4.78 is 17.8. The largest absolute Gasteiger partial charge is 0.394 e. The predicted octanol–water partition coefficient (Wildman–Crippen LogP) is 1.15. The van der Waals surface area contributed by atoms with Crippen molar-refractivity contribution in [2.24, 2.45) is 0 Å². The second kappa shape index (κ2) is 9.81. The Hall–Kier alpha value is -2.50. The van der Waals surface area contributed by atoms with Gasteiger partial charge >= 0.3 is 6.03 Å². The summed E-state index contributed by atoms with van der Waals surface area (Å²) >= 11 is 0. The summed E-state index contributed by atoms with van der Waals surface area (Å²) in [5.41, 5.74) is 1.94. The van der Waals surface area contributed by atoms with Gasteiger partial charge in [-0.05, 0) is 33.1 Å². The van der Waals surface area contributed by atoms with Gasteiger partial charge in [-0.3, -0.25) is 4.68 Å². The first kappa shape index (κ1) is 21.2. The molecular weight excluding hydrogens is 380 g/mol. The van der Waals surface area contributed by atoms with Crippen LogP contribution in [0.25, 0.3) is 0 Å². The molecule has 29 heavy (non-hydrogen) atoms. The number of aliphatic hydroxyl groups is 1. The van der Waals surface area contributed by atoms with Crippen molar-refractivity contribution in [3.63, 3.8) is 0 Å². The lowest BCUT2D eigenvalue weighted by Crippen LogP contribution is -2.52. The maximum Gasteiger partial charge on any atom is 0.319 e. The first-order valence-electron chi connectivity index (χ1n) is 9.64. The maximum absolute atomic E-state index is 12.3. The Labute approximate surface area is 168 Å². The summed E-state index contributed by atoms with van der Waals surface area (Å²) in [6.45, 7) is 4.40. The quantitative estimate of drug-likeness (QED) is 0.592. The van der Waals surface area contributed by atoms with E-state index in [1.807, 2.05) is 6.20 Å². The van der Waals surface area contributed by atoms with Crippen molar-refractivity contribution < 1.29 is 23.9 Å². The van der Waals surface area contributed by atoms with Crippen LogP contribution in [0.3, 0.4) is 0 Å². The van der Waals surface area contributed by atoms with Crippen LogP contribution < -0.4 is 10.6 Å². The first-order valence-corrected chi connectivity index (χ1v) is 9.64. The van der Waals surface area contributed by atoms with Gasteiger partial charge in [0.1, 0.15) is 23.2 Å². The number of hydrogen-bond donors (Lipinski definition) is 3. The molecule has 0 spiro atoms. The number of carbonyl (C=O) groups is 1. The van der Waals surface area contributed by atoms with E-state index in [0.29, 0.717) is 36.7 Å². The van der Waals surface area contributed by atoms with E-state index in [9.17, 15) is 9.90 Å². The molecular formula is C18H28N6O5. The van der Waals surface area contributed by atoms with E-state index in [1.165, 1.54) is 0 Å². The fourth-order valence-corrected chi connectivity index (χ4v) is 3.43. The van der Waals surface area contributed by atoms with Crippen molar-refractivity contribution in [3.05, 3.63) is 23.3 Å². The van der Waals surface area contributed by atoms with Crippen molar-refractivity contribution in [1.29, 1.82) is 0 Å². The molecule has 3 heterocycles. The molecule has 0 radical (unpaired) electrons. The van der Waals surface area contributed by atoms with Crippen LogP contribution >= 0.6 is 0 Å². The van der Waals surface area contributed by atoms with Crippen LogP contribution in [-0.4, -0.2) is 63.3 Å². The number of anilines is 1. The number of hydrogen-bond acceptors (Lipinski definition) is 8. The normalized spacial score (nSPS) is 21.9. The van der Waals surface area contributed by atoms with Crippen LogP contribution in [0.2, 0.25) is 0 Å². The molecule has 0 saturated carbocycles. The lowest BCUT2D eigenvalue weighted by Gasteiger charge is -2.36. The lowest BCUT2D eigenvalue weighted by atomic mass is 9.97. The highest BCUT2D eigenvalue weighted by Crippen LogP contribution is 2.23. The second-order valence-corrected chi connectivity index (χ2v) is 7.16. The SMILES string of the molecule is COCc1cn(CC[C@@H]2CC[C@H](NC(=O)Nc3c(C)noc3C)[C@@H](CO)O2)nn1. The molecule has 2 aromatic heterocycles. The molecule has 0 aliphatic carbocycles. The molecule has 2 amide bonds. The molecule has 1 saturated heterocycles. The highest BCUT2D eigenvalue weighted by atomic mass is 16.5. The summed E-state index contributed by atoms with van der Waals surface area (Å²) in [6.07, 6.45) is 3.57. The summed E-state index contributed by atoms with van der Waals surface area (Å²) in [6, 6.07) is -0.658. The number of aliphatic hydroxyl groups excluding tert-OH is 1.